The van der Waals surface area contributed by atoms with Gasteiger partial charge in [0.15, 0.2) is 6.61 Å². The lowest BCUT2D eigenvalue weighted by Gasteiger charge is -2.31. The van der Waals surface area contributed by atoms with Gasteiger partial charge in [0.25, 0.3) is 5.91 Å². The number of nitrogens with zero attached hydrogens (tertiary/aromatic N) is 3. The first-order chi connectivity index (χ1) is 14.6. The van der Waals surface area contributed by atoms with Crippen molar-refractivity contribution >= 4 is 22.8 Å². The SMILES string of the molecule is CN(C(=O)COC(=O)c1cc(-c2ccccn2)nc2ccccc12)C1CCCCC1. The summed E-state index contributed by atoms with van der Waals surface area (Å²) in [6.07, 6.45) is 7.21. The summed E-state index contributed by atoms with van der Waals surface area (Å²) in [5.41, 5.74) is 2.32. The van der Waals surface area contributed by atoms with Crippen molar-refractivity contribution in [2.45, 2.75) is 38.1 Å². The minimum absolute atomic E-state index is 0.168. The smallest absolute Gasteiger partial charge is 0.339 e. The maximum atomic E-state index is 12.9. The number of para-hydroxylation sites is 1. The monoisotopic (exact) mass is 403 g/mol. The second-order valence-electron chi connectivity index (χ2n) is 7.66. The highest BCUT2D eigenvalue weighted by Crippen LogP contribution is 2.25. The Morgan fingerprint density at radius 1 is 1.03 bits per heavy atom. The van der Waals surface area contributed by atoms with Gasteiger partial charge in [-0.3, -0.25) is 9.78 Å². The van der Waals surface area contributed by atoms with E-state index in [1.165, 1.54) is 6.42 Å². The Labute approximate surface area is 175 Å². The Bertz CT molecular complexity index is 1050. The van der Waals surface area contributed by atoms with Gasteiger partial charge in [-0.15, -0.1) is 0 Å². The highest BCUT2D eigenvalue weighted by atomic mass is 16.5. The molecule has 4 rings (SSSR count). The van der Waals surface area contributed by atoms with E-state index in [2.05, 4.69) is 9.97 Å². The van der Waals surface area contributed by atoms with Gasteiger partial charge in [-0.1, -0.05) is 43.5 Å². The third kappa shape index (κ3) is 4.32. The predicted molar refractivity (Wildman–Crippen MR) is 115 cm³/mol. The summed E-state index contributed by atoms with van der Waals surface area (Å²) >= 11 is 0. The number of carbonyl (C=O) groups is 2. The van der Waals surface area contributed by atoms with E-state index in [1.807, 2.05) is 42.5 Å². The maximum Gasteiger partial charge on any atom is 0.339 e. The number of rotatable bonds is 5. The van der Waals surface area contributed by atoms with Crippen LogP contribution in [-0.4, -0.2) is 46.4 Å². The second kappa shape index (κ2) is 9.03. The summed E-state index contributed by atoms with van der Waals surface area (Å²) in [5, 5.41) is 0.690. The van der Waals surface area contributed by atoms with Crippen molar-refractivity contribution in [3.63, 3.8) is 0 Å². The van der Waals surface area contributed by atoms with Crippen molar-refractivity contribution in [3.8, 4) is 11.4 Å². The van der Waals surface area contributed by atoms with Gasteiger partial charge in [-0.25, -0.2) is 9.78 Å². The third-order valence-electron chi connectivity index (χ3n) is 5.71. The fourth-order valence-corrected chi connectivity index (χ4v) is 3.97. The number of carbonyl (C=O) groups excluding carboxylic acids is 2. The topological polar surface area (TPSA) is 72.4 Å². The first kappa shape index (κ1) is 20.0. The molecule has 3 aromatic rings. The van der Waals surface area contributed by atoms with Crippen LogP contribution in [-0.2, 0) is 9.53 Å². The molecule has 0 spiro atoms. The van der Waals surface area contributed by atoms with Crippen LogP contribution >= 0.6 is 0 Å². The molecule has 6 nitrogen and oxygen atoms in total. The average Bonchev–Trinajstić information content (AvgIpc) is 2.82. The highest BCUT2D eigenvalue weighted by molar-refractivity contribution is 6.05. The van der Waals surface area contributed by atoms with E-state index in [9.17, 15) is 9.59 Å². The summed E-state index contributed by atoms with van der Waals surface area (Å²) in [6, 6.07) is 14.9. The number of likely N-dealkylation sites (N-methyl/N-ethyl adjacent to an activating group) is 1. The Morgan fingerprint density at radius 2 is 1.80 bits per heavy atom. The van der Waals surface area contributed by atoms with Crippen molar-refractivity contribution in [2.75, 3.05) is 13.7 Å². The van der Waals surface area contributed by atoms with Crippen LogP contribution in [0.5, 0.6) is 0 Å². The molecule has 1 amide bonds. The number of hydrogen-bond acceptors (Lipinski definition) is 5. The predicted octanol–water partition coefficient (Wildman–Crippen LogP) is 4.24. The van der Waals surface area contributed by atoms with Crippen LogP contribution in [0, 0.1) is 0 Å². The zero-order valence-corrected chi connectivity index (χ0v) is 17.1. The number of ether oxygens (including phenoxy) is 1. The molecule has 0 unspecified atom stereocenters. The molecule has 1 aromatic carbocycles. The van der Waals surface area contributed by atoms with E-state index in [0.29, 0.717) is 27.9 Å². The number of esters is 1. The summed E-state index contributed by atoms with van der Waals surface area (Å²) in [7, 11) is 1.80. The molecular weight excluding hydrogens is 378 g/mol. The van der Waals surface area contributed by atoms with Crippen LogP contribution in [0.2, 0.25) is 0 Å². The quantitative estimate of drug-likeness (QED) is 0.596. The minimum Gasteiger partial charge on any atom is -0.452 e. The van der Waals surface area contributed by atoms with Crippen LogP contribution in [0.25, 0.3) is 22.3 Å². The van der Waals surface area contributed by atoms with Crippen molar-refractivity contribution in [2.24, 2.45) is 0 Å². The van der Waals surface area contributed by atoms with Crippen molar-refractivity contribution in [1.29, 1.82) is 0 Å². The van der Waals surface area contributed by atoms with Crippen LogP contribution < -0.4 is 0 Å². The molecule has 1 aliphatic carbocycles. The van der Waals surface area contributed by atoms with Gasteiger partial charge in [0, 0.05) is 24.7 Å². The molecular formula is C24H25N3O3. The molecule has 0 saturated heterocycles. The van der Waals surface area contributed by atoms with Crippen LogP contribution in [0.3, 0.4) is 0 Å². The van der Waals surface area contributed by atoms with Crippen LogP contribution in [0.4, 0.5) is 0 Å². The largest absolute Gasteiger partial charge is 0.452 e. The molecule has 0 radical (unpaired) electrons. The highest BCUT2D eigenvalue weighted by Gasteiger charge is 2.23. The van der Waals surface area contributed by atoms with Gasteiger partial charge in [-0.05, 0) is 37.1 Å². The molecule has 1 aliphatic rings. The first-order valence-corrected chi connectivity index (χ1v) is 10.4. The van der Waals surface area contributed by atoms with Gasteiger partial charge in [0.05, 0.1) is 22.5 Å². The van der Waals surface area contributed by atoms with E-state index in [1.54, 1.807) is 24.2 Å². The molecule has 0 atom stereocenters. The zero-order chi connectivity index (χ0) is 20.9. The average molecular weight is 403 g/mol. The number of amides is 1. The number of aromatic nitrogens is 2. The van der Waals surface area contributed by atoms with Crippen LogP contribution in [0.15, 0.2) is 54.7 Å². The Morgan fingerprint density at radius 3 is 2.57 bits per heavy atom. The third-order valence-corrected chi connectivity index (χ3v) is 5.71. The number of pyridine rings is 2. The van der Waals surface area contributed by atoms with Gasteiger partial charge in [0.1, 0.15) is 0 Å². The van der Waals surface area contributed by atoms with E-state index >= 15 is 0 Å². The lowest BCUT2D eigenvalue weighted by molar-refractivity contribution is -0.135. The fraction of sp³-hybridized carbons (Fsp3) is 0.333. The van der Waals surface area contributed by atoms with Gasteiger partial charge < -0.3 is 9.64 Å². The molecule has 154 valence electrons. The molecule has 2 aromatic heterocycles. The van der Waals surface area contributed by atoms with Crippen molar-refractivity contribution in [3.05, 3.63) is 60.3 Å². The number of benzene rings is 1. The second-order valence-corrected chi connectivity index (χ2v) is 7.66. The van der Waals surface area contributed by atoms with Gasteiger partial charge in [-0.2, -0.15) is 0 Å². The minimum atomic E-state index is -0.531. The van der Waals surface area contributed by atoms with Gasteiger partial charge >= 0.3 is 5.97 Å². The Kier molecular flexibility index (Phi) is 6.02. The number of fused-ring (bicyclic) bond motifs is 1. The number of hydrogen-bond donors (Lipinski definition) is 0. The lowest BCUT2D eigenvalue weighted by atomic mass is 9.94. The first-order valence-electron chi connectivity index (χ1n) is 10.4. The normalized spacial score (nSPS) is 14.4. The molecule has 1 saturated carbocycles. The summed E-state index contributed by atoms with van der Waals surface area (Å²) in [6.45, 7) is -0.262. The molecule has 0 aliphatic heterocycles. The summed E-state index contributed by atoms with van der Waals surface area (Å²) in [5.74, 6) is -0.699. The van der Waals surface area contributed by atoms with E-state index in [0.717, 1.165) is 25.7 Å². The molecule has 0 bridgehead atoms. The molecule has 1 fully saturated rings. The molecule has 6 heteroatoms. The van der Waals surface area contributed by atoms with E-state index in [4.69, 9.17) is 4.74 Å². The van der Waals surface area contributed by atoms with Crippen LogP contribution in [0.1, 0.15) is 42.5 Å². The van der Waals surface area contributed by atoms with Crippen molar-refractivity contribution in [1.82, 2.24) is 14.9 Å². The molecule has 0 N–H and O–H groups in total. The zero-order valence-electron chi connectivity index (χ0n) is 17.1. The molecule has 30 heavy (non-hydrogen) atoms. The summed E-state index contributed by atoms with van der Waals surface area (Å²) < 4.78 is 5.42. The van der Waals surface area contributed by atoms with Crippen molar-refractivity contribution < 1.29 is 14.3 Å². The molecule has 2 heterocycles. The fourth-order valence-electron chi connectivity index (χ4n) is 3.97. The lowest BCUT2D eigenvalue weighted by Crippen LogP contribution is -2.40. The summed E-state index contributed by atoms with van der Waals surface area (Å²) in [4.78, 5) is 36.2. The van der Waals surface area contributed by atoms with Gasteiger partial charge in [0.2, 0.25) is 0 Å². The maximum absolute atomic E-state index is 12.9. The Balaban J connectivity index is 1.54. The standard InChI is InChI=1S/C24H25N3O3/c1-27(17-9-3-2-4-10-17)23(28)16-30-24(29)19-15-22(21-13-7-8-14-25-21)26-20-12-6-5-11-18(19)20/h5-8,11-15,17H,2-4,9-10,16H2,1H3. The van der Waals surface area contributed by atoms with E-state index < -0.39 is 5.97 Å². The Hall–Kier alpha value is -3.28. The van der Waals surface area contributed by atoms with E-state index in [-0.39, 0.29) is 18.6 Å².